The number of piperidine rings is 1. The summed E-state index contributed by atoms with van der Waals surface area (Å²) in [4.78, 5) is 13.7. The van der Waals surface area contributed by atoms with Crippen LogP contribution in [0, 0.1) is 5.92 Å². The number of rotatable bonds is 6. The smallest absolute Gasteiger partial charge is 0.303 e. The van der Waals surface area contributed by atoms with Crippen LogP contribution in [0.4, 0.5) is 5.69 Å². The summed E-state index contributed by atoms with van der Waals surface area (Å²) < 4.78 is 0. The van der Waals surface area contributed by atoms with E-state index in [1.54, 1.807) is 0 Å². The first-order valence-corrected chi connectivity index (χ1v) is 10.5. The van der Waals surface area contributed by atoms with Crippen LogP contribution in [0.15, 0.2) is 48.5 Å². The molecule has 0 spiro atoms. The normalized spacial score (nSPS) is 20.0. The van der Waals surface area contributed by atoms with Gasteiger partial charge in [-0.2, -0.15) is 0 Å². The van der Waals surface area contributed by atoms with E-state index in [2.05, 4.69) is 81.1 Å². The number of benzene rings is 2. The minimum Gasteiger partial charge on any atom is -0.481 e. The maximum absolute atomic E-state index is 11.3. The van der Waals surface area contributed by atoms with E-state index in [-0.39, 0.29) is 18.4 Å². The number of aliphatic carboxylic acids is 1. The Kier molecular flexibility index (Phi) is 6.43. The van der Waals surface area contributed by atoms with Crippen LogP contribution < -0.4 is 4.90 Å². The number of carboxylic acids is 1. The third-order valence-corrected chi connectivity index (χ3v) is 6.05. The van der Waals surface area contributed by atoms with Gasteiger partial charge in [-0.1, -0.05) is 64.1 Å². The zero-order chi connectivity index (χ0) is 20.3. The molecule has 1 N–H and O–H groups in total. The molecule has 1 saturated heterocycles. The molecule has 0 bridgehead atoms. The minimum absolute atomic E-state index is 0.226. The molecule has 1 fully saturated rings. The van der Waals surface area contributed by atoms with Crippen molar-refractivity contribution in [1.82, 2.24) is 0 Å². The maximum Gasteiger partial charge on any atom is 0.303 e. The summed E-state index contributed by atoms with van der Waals surface area (Å²) in [5.74, 6) is 0.585. The van der Waals surface area contributed by atoms with E-state index in [4.69, 9.17) is 0 Å². The van der Waals surface area contributed by atoms with E-state index in [0.717, 1.165) is 19.4 Å². The summed E-state index contributed by atoms with van der Waals surface area (Å²) in [5.41, 5.74) is 5.21. The largest absolute Gasteiger partial charge is 0.481 e. The lowest BCUT2D eigenvalue weighted by Gasteiger charge is -2.41. The first-order chi connectivity index (χ1) is 13.3. The monoisotopic (exact) mass is 379 g/mol. The summed E-state index contributed by atoms with van der Waals surface area (Å²) in [6.45, 7) is 9.74. The number of hydrogen-bond donors (Lipinski definition) is 1. The highest BCUT2D eigenvalue weighted by Crippen LogP contribution is 2.39. The van der Waals surface area contributed by atoms with Gasteiger partial charge in [0.1, 0.15) is 0 Å². The Bertz CT molecular complexity index is 777. The number of anilines is 1. The average Bonchev–Trinajstić information content (AvgIpc) is 2.67. The van der Waals surface area contributed by atoms with Crippen LogP contribution in [0.5, 0.6) is 0 Å². The molecule has 2 aromatic rings. The molecule has 3 nitrogen and oxygen atoms in total. The Morgan fingerprint density at radius 1 is 0.964 bits per heavy atom. The summed E-state index contributed by atoms with van der Waals surface area (Å²) in [6.07, 6.45) is 2.08. The van der Waals surface area contributed by atoms with E-state index in [1.807, 2.05) is 0 Å². The molecule has 0 saturated carbocycles. The topological polar surface area (TPSA) is 40.5 Å². The molecule has 2 unspecified atom stereocenters. The first kappa shape index (κ1) is 20.4. The minimum atomic E-state index is -0.686. The molecule has 2 aromatic carbocycles. The van der Waals surface area contributed by atoms with Crippen molar-refractivity contribution in [2.24, 2.45) is 5.92 Å². The zero-order valence-corrected chi connectivity index (χ0v) is 17.6. The quantitative estimate of drug-likeness (QED) is 0.634. The Morgan fingerprint density at radius 2 is 1.50 bits per heavy atom. The number of carbonyl (C=O) groups is 1. The van der Waals surface area contributed by atoms with Crippen LogP contribution in [-0.4, -0.2) is 17.6 Å². The van der Waals surface area contributed by atoms with Gasteiger partial charge in [-0.25, -0.2) is 0 Å². The van der Waals surface area contributed by atoms with Gasteiger partial charge >= 0.3 is 5.97 Å². The van der Waals surface area contributed by atoms with Crippen LogP contribution in [0.25, 0.3) is 0 Å². The van der Waals surface area contributed by atoms with Crippen LogP contribution in [-0.2, 0) is 4.79 Å². The Balaban J connectivity index is 1.89. The Hall–Kier alpha value is -2.29. The molecule has 0 amide bonds. The molecule has 3 rings (SSSR count). The number of nitrogens with zero attached hydrogens (tertiary/aromatic N) is 1. The lowest BCUT2D eigenvalue weighted by atomic mass is 9.84. The Morgan fingerprint density at radius 3 is 2.00 bits per heavy atom. The lowest BCUT2D eigenvalue weighted by Crippen LogP contribution is -2.37. The molecule has 0 aliphatic carbocycles. The molecule has 28 heavy (non-hydrogen) atoms. The molecule has 150 valence electrons. The van der Waals surface area contributed by atoms with Gasteiger partial charge in [-0.05, 0) is 59.4 Å². The van der Waals surface area contributed by atoms with Crippen molar-refractivity contribution in [1.29, 1.82) is 0 Å². The first-order valence-electron chi connectivity index (χ1n) is 10.5. The van der Waals surface area contributed by atoms with Gasteiger partial charge in [0.25, 0.3) is 0 Å². The van der Waals surface area contributed by atoms with E-state index in [9.17, 15) is 9.90 Å². The van der Waals surface area contributed by atoms with E-state index >= 15 is 0 Å². The van der Waals surface area contributed by atoms with Crippen LogP contribution in [0.2, 0.25) is 0 Å². The third kappa shape index (κ3) is 4.76. The van der Waals surface area contributed by atoms with E-state index < -0.39 is 5.97 Å². The third-order valence-electron chi connectivity index (χ3n) is 6.05. The van der Waals surface area contributed by atoms with Gasteiger partial charge in [0.15, 0.2) is 0 Å². The van der Waals surface area contributed by atoms with Crippen LogP contribution >= 0.6 is 0 Å². The maximum atomic E-state index is 11.3. The molecule has 1 aliphatic heterocycles. The predicted octanol–water partition coefficient (Wildman–Crippen LogP) is 6.37. The summed E-state index contributed by atoms with van der Waals surface area (Å²) >= 11 is 0. The second-order valence-electron chi connectivity index (χ2n) is 8.77. The highest BCUT2D eigenvalue weighted by molar-refractivity contribution is 5.67. The Labute approximate surface area is 169 Å². The van der Waals surface area contributed by atoms with Crippen molar-refractivity contribution in [3.05, 3.63) is 65.2 Å². The summed E-state index contributed by atoms with van der Waals surface area (Å²) in [5, 5.41) is 9.27. The lowest BCUT2D eigenvalue weighted by molar-refractivity contribution is -0.138. The van der Waals surface area contributed by atoms with Crippen molar-refractivity contribution in [2.75, 3.05) is 11.4 Å². The molecule has 0 radical (unpaired) electrons. The van der Waals surface area contributed by atoms with Crippen molar-refractivity contribution >= 4 is 11.7 Å². The van der Waals surface area contributed by atoms with Gasteiger partial charge in [0, 0.05) is 18.7 Å². The van der Waals surface area contributed by atoms with Gasteiger partial charge < -0.3 is 10.0 Å². The SMILES string of the molecule is CC(C)c1ccc(C2CC(CC(=O)O)CCN2c2ccc(C(C)C)cc2)cc1. The number of carboxylic acid groups (broad SMARTS) is 1. The fraction of sp³-hybridized carbons (Fsp3) is 0.480. The second-order valence-corrected chi connectivity index (χ2v) is 8.77. The van der Waals surface area contributed by atoms with E-state index in [0.29, 0.717) is 11.8 Å². The molecular formula is C25H33NO2. The molecule has 1 aliphatic rings. The van der Waals surface area contributed by atoms with Crippen LogP contribution in [0.1, 0.15) is 81.5 Å². The molecule has 1 heterocycles. The van der Waals surface area contributed by atoms with Crippen molar-refractivity contribution in [3.63, 3.8) is 0 Å². The highest BCUT2D eigenvalue weighted by atomic mass is 16.4. The number of hydrogen-bond acceptors (Lipinski definition) is 2. The van der Waals surface area contributed by atoms with Gasteiger partial charge in [-0.15, -0.1) is 0 Å². The van der Waals surface area contributed by atoms with E-state index in [1.165, 1.54) is 22.4 Å². The molecule has 2 atom stereocenters. The van der Waals surface area contributed by atoms with Gasteiger partial charge in [0.2, 0.25) is 0 Å². The highest BCUT2D eigenvalue weighted by Gasteiger charge is 2.31. The second kappa shape index (κ2) is 8.81. The van der Waals surface area contributed by atoms with Crippen molar-refractivity contribution < 1.29 is 9.90 Å². The predicted molar refractivity (Wildman–Crippen MR) is 116 cm³/mol. The average molecular weight is 380 g/mol. The van der Waals surface area contributed by atoms with Crippen molar-refractivity contribution in [3.8, 4) is 0 Å². The molecular weight excluding hydrogens is 346 g/mol. The van der Waals surface area contributed by atoms with Crippen molar-refractivity contribution in [2.45, 2.75) is 64.8 Å². The summed E-state index contributed by atoms with van der Waals surface area (Å²) in [6, 6.07) is 18.0. The molecule has 3 heteroatoms. The fourth-order valence-electron chi connectivity index (χ4n) is 4.25. The van der Waals surface area contributed by atoms with Gasteiger partial charge in [-0.3, -0.25) is 4.79 Å². The summed E-state index contributed by atoms with van der Waals surface area (Å²) in [7, 11) is 0. The fourth-order valence-corrected chi connectivity index (χ4v) is 4.25. The molecule has 0 aromatic heterocycles. The zero-order valence-electron chi connectivity index (χ0n) is 17.6. The van der Waals surface area contributed by atoms with Gasteiger partial charge in [0.05, 0.1) is 6.04 Å². The van der Waals surface area contributed by atoms with Crippen LogP contribution in [0.3, 0.4) is 0 Å². The standard InChI is InChI=1S/C25H33NO2/c1-17(2)20-5-7-22(8-6-20)24-15-19(16-25(27)28)13-14-26(24)23-11-9-21(10-12-23)18(3)4/h5-12,17-19,24H,13-16H2,1-4H3,(H,27,28).